The Morgan fingerprint density at radius 3 is 2.74 bits per heavy atom. The van der Waals surface area contributed by atoms with Crippen LogP contribution < -0.4 is 4.90 Å². The quantitative estimate of drug-likeness (QED) is 0.848. The molecule has 2 aliphatic rings. The topological polar surface area (TPSA) is 55.7 Å². The number of aliphatic hydroxyl groups is 1. The second kappa shape index (κ2) is 8.39. The third-order valence-electron chi connectivity index (χ3n) is 6.23. The summed E-state index contributed by atoms with van der Waals surface area (Å²) in [6.45, 7) is 10.2. The standard InChI is InChI=1S/C20H31N5OS/c1-15(2)23-7-3-16(4-8-23)25-10-9-24(13-17(25)5-11-26)19-18-6-12-27-20(18)22-14-21-19/h6,12,14-17,26H,3-5,7-11,13H2,1-2H3. The van der Waals surface area contributed by atoms with Crippen LogP contribution >= 0.6 is 11.3 Å². The van der Waals surface area contributed by atoms with Crippen LogP contribution in [0.5, 0.6) is 0 Å². The van der Waals surface area contributed by atoms with Gasteiger partial charge in [-0.05, 0) is 57.6 Å². The van der Waals surface area contributed by atoms with Crippen molar-refractivity contribution in [3.05, 3.63) is 17.8 Å². The molecule has 0 radical (unpaired) electrons. The van der Waals surface area contributed by atoms with Crippen molar-refractivity contribution in [2.24, 2.45) is 0 Å². The van der Waals surface area contributed by atoms with Gasteiger partial charge in [0.15, 0.2) is 0 Å². The summed E-state index contributed by atoms with van der Waals surface area (Å²) in [4.78, 5) is 17.7. The summed E-state index contributed by atoms with van der Waals surface area (Å²) in [6, 6.07) is 3.81. The molecule has 2 fully saturated rings. The van der Waals surface area contributed by atoms with Crippen LogP contribution in [0, 0.1) is 0 Å². The number of likely N-dealkylation sites (tertiary alicyclic amines) is 1. The van der Waals surface area contributed by atoms with Crippen molar-refractivity contribution in [1.29, 1.82) is 0 Å². The number of hydrogen-bond acceptors (Lipinski definition) is 7. The molecule has 0 saturated carbocycles. The minimum atomic E-state index is 0.248. The van der Waals surface area contributed by atoms with E-state index in [0.717, 1.165) is 42.1 Å². The zero-order valence-electron chi connectivity index (χ0n) is 16.4. The van der Waals surface area contributed by atoms with Crippen LogP contribution in [0.4, 0.5) is 5.82 Å². The Balaban J connectivity index is 1.47. The lowest BCUT2D eigenvalue weighted by molar-refractivity contribution is 0.0463. The molecule has 0 aromatic carbocycles. The maximum atomic E-state index is 9.67. The van der Waals surface area contributed by atoms with Gasteiger partial charge in [-0.1, -0.05) is 0 Å². The van der Waals surface area contributed by atoms with Crippen molar-refractivity contribution in [2.75, 3.05) is 44.2 Å². The second-order valence-electron chi connectivity index (χ2n) is 8.05. The average molecular weight is 390 g/mol. The lowest BCUT2D eigenvalue weighted by Gasteiger charge is -2.48. The number of hydrogen-bond donors (Lipinski definition) is 1. The fourth-order valence-corrected chi connectivity index (χ4v) is 5.44. The van der Waals surface area contributed by atoms with E-state index in [1.54, 1.807) is 17.7 Å². The van der Waals surface area contributed by atoms with Gasteiger partial charge in [-0.25, -0.2) is 9.97 Å². The third kappa shape index (κ3) is 3.97. The lowest BCUT2D eigenvalue weighted by atomic mass is 9.97. The number of fused-ring (bicyclic) bond motifs is 1. The monoisotopic (exact) mass is 389 g/mol. The van der Waals surface area contributed by atoms with E-state index in [4.69, 9.17) is 0 Å². The summed E-state index contributed by atoms with van der Waals surface area (Å²) in [5, 5.41) is 12.9. The minimum absolute atomic E-state index is 0.248. The van der Waals surface area contributed by atoms with Gasteiger partial charge in [-0.3, -0.25) is 4.90 Å². The Kier molecular flexibility index (Phi) is 5.92. The minimum Gasteiger partial charge on any atom is -0.396 e. The number of piperazine rings is 1. The van der Waals surface area contributed by atoms with E-state index in [1.165, 1.54) is 25.9 Å². The molecule has 0 spiro atoms. The molecule has 6 nitrogen and oxygen atoms in total. The Labute approximate surface area is 165 Å². The van der Waals surface area contributed by atoms with Crippen molar-refractivity contribution >= 4 is 27.4 Å². The van der Waals surface area contributed by atoms with Crippen LogP contribution in [0.1, 0.15) is 33.1 Å². The highest BCUT2D eigenvalue weighted by atomic mass is 32.1. The fourth-order valence-electron chi connectivity index (χ4n) is 4.71. The van der Waals surface area contributed by atoms with Crippen molar-refractivity contribution in [3.63, 3.8) is 0 Å². The molecule has 4 heterocycles. The molecular weight excluding hydrogens is 358 g/mol. The first-order valence-electron chi connectivity index (χ1n) is 10.2. The zero-order chi connectivity index (χ0) is 18.8. The predicted molar refractivity (Wildman–Crippen MR) is 112 cm³/mol. The van der Waals surface area contributed by atoms with Crippen LogP contribution in [0.3, 0.4) is 0 Å². The summed E-state index contributed by atoms with van der Waals surface area (Å²) in [5.41, 5.74) is 0. The first kappa shape index (κ1) is 19.1. The molecule has 2 aliphatic heterocycles. The van der Waals surface area contributed by atoms with Gasteiger partial charge in [0.25, 0.3) is 0 Å². The predicted octanol–water partition coefficient (Wildman–Crippen LogP) is 2.44. The zero-order valence-corrected chi connectivity index (χ0v) is 17.2. The summed E-state index contributed by atoms with van der Waals surface area (Å²) >= 11 is 1.67. The molecule has 1 N–H and O–H groups in total. The highest BCUT2D eigenvalue weighted by Gasteiger charge is 2.34. The van der Waals surface area contributed by atoms with Crippen LogP contribution in [0.2, 0.25) is 0 Å². The molecule has 0 bridgehead atoms. The largest absolute Gasteiger partial charge is 0.396 e. The van der Waals surface area contributed by atoms with Crippen molar-refractivity contribution in [1.82, 2.24) is 19.8 Å². The summed E-state index contributed by atoms with van der Waals surface area (Å²) < 4.78 is 0. The number of rotatable bonds is 5. The van der Waals surface area contributed by atoms with Gasteiger partial charge >= 0.3 is 0 Å². The van der Waals surface area contributed by atoms with Gasteiger partial charge < -0.3 is 14.9 Å². The van der Waals surface area contributed by atoms with Crippen molar-refractivity contribution in [2.45, 2.75) is 51.2 Å². The number of anilines is 1. The number of piperidine rings is 1. The molecule has 1 unspecified atom stereocenters. The van der Waals surface area contributed by atoms with E-state index in [2.05, 4.69) is 50.0 Å². The van der Waals surface area contributed by atoms with Crippen LogP contribution in [0.15, 0.2) is 17.8 Å². The Morgan fingerprint density at radius 1 is 1.19 bits per heavy atom. The highest BCUT2D eigenvalue weighted by molar-refractivity contribution is 7.16. The van der Waals surface area contributed by atoms with E-state index < -0.39 is 0 Å². The molecule has 148 valence electrons. The fraction of sp³-hybridized carbons (Fsp3) is 0.700. The van der Waals surface area contributed by atoms with E-state index >= 15 is 0 Å². The maximum absolute atomic E-state index is 9.67. The van der Waals surface area contributed by atoms with Gasteiger partial charge in [0.1, 0.15) is 17.0 Å². The summed E-state index contributed by atoms with van der Waals surface area (Å²) in [7, 11) is 0. The molecular formula is C20H31N5OS. The summed E-state index contributed by atoms with van der Waals surface area (Å²) in [6.07, 6.45) is 4.99. The average Bonchev–Trinajstić information content (AvgIpc) is 3.17. The number of nitrogens with zero attached hydrogens (tertiary/aromatic N) is 5. The summed E-state index contributed by atoms with van der Waals surface area (Å²) in [5.74, 6) is 1.05. The van der Waals surface area contributed by atoms with E-state index in [-0.39, 0.29) is 6.61 Å². The number of aromatic nitrogens is 2. The number of aliphatic hydroxyl groups excluding tert-OH is 1. The molecule has 4 rings (SSSR count). The molecule has 1 atom stereocenters. The lowest BCUT2D eigenvalue weighted by Crippen LogP contribution is -2.59. The van der Waals surface area contributed by atoms with Gasteiger partial charge in [0.05, 0.1) is 5.39 Å². The Bertz CT molecular complexity index is 743. The van der Waals surface area contributed by atoms with Gasteiger partial charge in [-0.2, -0.15) is 0 Å². The van der Waals surface area contributed by atoms with Crippen LogP contribution in [0.25, 0.3) is 10.2 Å². The smallest absolute Gasteiger partial charge is 0.140 e. The molecule has 0 aliphatic carbocycles. The number of thiophene rings is 1. The molecule has 2 aromatic rings. The van der Waals surface area contributed by atoms with E-state index in [9.17, 15) is 5.11 Å². The van der Waals surface area contributed by atoms with Gasteiger partial charge in [0, 0.05) is 44.4 Å². The normalized spacial score (nSPS) is 23.6. The first-order chi connectivity index (χ1) is 13.2. The van der Waals surface area contributed by atoms with Crippen molar-refractivity contribution < 1.29 is 5.11 Å². The highest BCUT2D eigenvalue weighted by Crippen LogP contribution is 2.30. The molecule has 2 aromatic heterocycles. The Hall–Kier alpha value is -1.28. The molecule has 2 saturated heterocycles. The molecule has 0 amide bonds. The molecule has 7 heteroatoms. The van der Waals surface area contributed by atoms with E-state index in [1.807, 2.05) is 0 Å². The third-order valence-corrected chi connectivity index (χ3v) is 7.05. The van der Waals surface area contributed by atoms with Crippen LogP contribution in [-0.2, 0) is 0 Å². The SMILES string of the molecule is CC(C)N1CCC(N2CCN(c3ncnc4sccc34)CC2CCO)CC1. The maximum Gasteiger partial charge on any atom is 0.140 e. The molecule has 27 heavy (non-hydrogen) atoms. The van der Waals surface area contributed by atoms with E-state index in [0.29, 0.717) is 18.1 Å². The van der Waals surface area contributed by atoms with Gasteiger partial charge in [0.2, 0.25) is 0 Å². The van der Waals surface area contributed by atoms with Gasteiger partial charge in [-0.15, -0.1) is 11.3 Å². The first-order valence-corrected chi connectivity index (χ1v) is 11.1. The second-order valence-corrected chi connectivity index (χ2v) is 8.94. The van der Waals surface area contributed by atoms with Crippen LogP contribution in [-0.4, -0.2) is 82.3 Å². The van der Waals surface area contributed by atoms with Crippen molar-refractivity contribution in [3.8, 4) is 0 Å². The Morgan fingerprint density at radius 2 is 2.00 bits per heavy atom.